The lowest BCUT2D eigenvalue weighted by Crippen LogP contribution is -2.67. The van der Waals surface area contributed by atoms with Crippen molar-refractivity contribution in [3.8, 4) is 0 Å². The zero-order chi connectivity index (χ0) is 15.1. The van der Waals surface area contributed by atoms with E-state index < -0.39 is 16.5 Å². The molecule has 0 aliphatic carbocycles. The van der Waals surface area contributed by atoms with Crippen LogP contribution in [0.5, 0.6) is 0 Å². The minimum Gasteiger partial charge on any atom is -0.343 e. The van der Waals surface area contributed by atoms with Crippen molar-refractivity contribution in [2.75, 3.05) is 6.54 Å². The van der Waals surface area contributed by atoms with E-state index >= 15 is 0 Å². The largest absolute Gasteiger partial charge is 0.343 e. The van der Waals surface area contributed by atoms with Gasteiger partial charge in [0.15, 0.2) is 0 Å². The van der Waals surface area contributed by atoms with Crippen molar-refractivity contribution >= 4 is 16.5 Å². The van der Waals surface area contributed by atoms with Crippen molar-refractivity contribution in [3.63, 3.8) is 0 Å². The number of nitrogens with two attached hydrogens (primary N) is 1. The first kappa shape index (κ1) is 19.4. The third kappa shape index (κ3) is 4.16. The van der Waals surface area contributed by atoms with Crippen LogP contribution in [0.15, 0.2) is 0 Å². The predicted octanol–water partition coefficient (Wildman–Crippen LogP) is 4.65. The van der Waals surface area contributed by atoms with E-state index in [2.05, 4.69) is 52.7 Å². The lowest BCUT2D eigenvalue weighted by molar-refractivity contribution is 0.520. The highest BCUT2D eigenvalue weighted by Crippen LogP contribution is 2.35. The summed E-state index contributed by atoms with van der Waals surface area (Å²) in [6.07, 6.45) is 0. The van der Waals surface area contributed by atoms with Gasteiger partial charge in [-0.2, -0.15) is 0 Å². The highest BCUT2D eigenvalue weighted by molar-refractivity contribution is 6.92. The Morgan fingerprint density at radius 1 is 0.737 bits per heavy atom. The molecule has 0 fully saturated rings. The standard InChI is InChI=1S/C15H38N2Si2/c1-8-18(9-2,10-3)17(14-15(7)16)19(11-4,12-5)13-6/h15H,8-14,16H2,1-7H3. The summed E-state index contributed by atoms with van der Waals surface area (Å²) in [6.45, 7) is 17.9. The monoisotopic (exact) mass is 302 g/mol. The Balaban J connectivity index is 5.63. The van der Waals surface area contributed by atoms with E-state index in [0.717, 1.165) is 6.54 Å². The molecule has 0 heterocycles. The molecule has 0 aliphatic heterocycles. The van der Waals surface area contributed by atoms with Crippen LogP contribution in [-0.4, -0.2) is 33.3 Å². The second-order valence-corrected chi connectivity index (χ2v) is 16.8. The van der Waals surface area contributed by atoms with Gasteiger partial charge < -0.3 is 9.96 Å². The summed E-state index contributed by atoms with van der Waals surface area (Å²) in [5, 5.41) is 0. The van der Waals surface area contributed by atoms with Gasteiger partial charge in [0.25, 0.3) is 0 Å². The molecule has 2 nitrogen and oxygen atoms in total. The van der Waals surface area contributed by atoms with Crippen LogP contribution in [-0.2, 0) is 0 Å². The molecule has 4 heteroatoms. The smallest absolute Gasteiger partial charge is 0.121 e. The van der Waals surface area contributed by atoms with Gasteiger partial charge in [-0.3, -0.25) is 0 Å². The second kappa shape index (κ2) is 8.60. The van der Waals surface area contributed by atoms with Crippen LogP contribution < -0.4 is 5.73 Å². The van der Waals surface area contributed by atoms with Gasteiger partial charge in [0, 0.05) is 12.6 Å². The molecule has 19 heavy (non-hydrogen) atoms. The highest BCUT2D eigenvalue weighted by atomic mass is 28.4. The van der Waals surface area contributed by atoms with Gasteiger partial charge in [-0.1, -0.05) is 41.5 Å². The third-order valence-electron chi connectivity index (χ3n) is 5.56. The zero-order valence-electron chi connectivity index (χ0n) is 14.6. The van der Waals surface area contributed by atoms with Gasteiger partial charge in [-0.25, -0.2) is 0 Å². The van der Waals surface area contributed by atoms with E-state index in [1.165, 1.54) is 36.3 Å². The molecule has 0 aromatic heterocycles. The number of rotatable bonds is 10. The average molecular weight is 303 g/mol. The molecule has 116 valence electrons. The predicted molar refractivity (Wildman–Crippen MR) is 94.7 cm³/mol. The lowest BCUT2D eigenvalue weighted by atomic mass is 10.4. The van der Waals surface area contributed by atoms with Crippen molar-refractivity contribution in [2.24, 2.45) is 5.73 Å². The topological polar surface area (TPSA) is 29.3 Å². The molecule has 0 spiro atoms. The maximum Gasteiger partial charge on any atom is 0.121 e. The fraction of sp³-hybridized carbons (Fsp3) is 1.00. The van der Waals surface area contributed by atoms with Crippen LogP contribution in [0, 0.1) is 0 Å². The van der Waals surface area contributed by atoms with E-state index in [0.29, 0.717) is 6.04 Å². The highest BCUT2D eigenvalue weighted by Gasteiger charge is 2.45. The first-order chi connectivity index (χ1) is 8.91. The van der Waals surface area contributed by atoms with Crippen LogP contribution in [0.4, 0.5) is 0 Å². The molecule has 0 aliphatic rings. The Morgan fingerprint density at radius 2 is 1.00 bits per heavy atom. The summed E-state index contributed by atoms with van der Waals surface area (Å²) in [5.74, 6) is 0. The minimum atomic E-state index is -1.29. The first-order valence-electron chi connectivity index (χ1n) is 8.45. The SMILES string of the molecule is CC[Si](CC)(CC)N(CC(C)N)[Si](CC)(CC)CC. The molecule has 1 unspecified atom stereocenters. The van der Waals surface area contributed by atoms with E-state index in [4.69, 9.17) is 5.73 Å². The van der Waals surface area contributed by atoms with Gasteiger partial charge in [0.1, 0.15) is 16.5 Å². The fourth-order valence-electron chi connectivity index (χ4n) is 3.82. The maximum absolute atomic E-state index is 6.22. The molecule has 2 N–H and O–H groups in total. The van der Waals surface area contributed by atoms with E-state index in [-0.39, 0.29) is 0 Å². The summed E-state index contributed by atoms with van der Waals surface area (Å²) in [5.41, 5.74) is 6.22. The summed E-state index contributed by atoms with van der Waals surface area (Å²) in [6, 6.07) is 8.66. The van der Waals surface area contributed by atoms with Gasteiger partial charge >= 0.3 is 0 Å². The Hall–Kier alpha value is 0.354. The molecule has 0 radical (unpaired) electrons. The van der Waals surface area contributed by atoms with Crippen LogP contribution >= 0.6 is 0 Å². The lowest BCUT2D eigenvalue weighted by Gasteiger charge is -2.53. The molecule has 0 saturated carbocycles. The summed E-state index contributed by atoms with van der Waals surface area (Å²) >= 11 is 0. The van der Waals surface area contributed by atoms with Crippen LogP contribution in [0.1, 0.15) is 48.5 Å². The number of hydrogen-bond acceptors (Lipinski definition) is 2. The van der Waals surface area contributed by atoms with Crippen LogP contribution in [0.25, 0.3) is 0 Å². The molecular weight excluding hydrogens is 264 g/mol. The Bertz CT molecular complexity index is 200. The van der Waals surface area contributed by atoms with Gasteiger partial charge in [-0.05, 0) is 43.2 Å². The van der Waals surface area contributed by atoms with E-state index in [1.807, 2.05) is 0 Å². The quantitative estimate of drug-likeness (QED) is 0.595. The molecular formula is C15H38N2Si2. The Morgan fingerprint density at radius 3 is 1.16 bits per heavy atom. The van der Waals surface area contributed by atoms with Crippen molar-refractivity contribution in [1.29, 1.82) is 0 Å². The van der Waals surface area contributed by atoms with Gasteiger partial charge in [0.05, 0.1) is 0 Å². The normalized spacial score (nSPS) is 15.0. The van der Waals surface area contributed by atoms with Crippen molar-refractivity contribution < 1.29 is 0 Å². The molecule has 0 aromatic rings. The second-order valence-electron chi connectivity index (χ2n) is 6.16. The fourth-order valence-corrected chi connectivity index (χ4v) is 17.3. The maximum atomic E-state index is 6.22. The zero-order valence-corrected chi connectivity index (χ0v) is 16.6. The van der Waals surface area contributed by atoms with E-state index in [9.17, 15) is 0 Å². The molecule has 0 aromatic carbocycles. The van der Waals surface area contributed by atoms with Crippen LogP contribution in [0.3, 0.4) is 0 Å². The van der Waals surface area contributed by atoms with E-state index in [1.54, 1.807) is 0 Å². The molecule has 1 atom stereocenters. The number of nitrogens with zero attached hydrogens (tertiary/aromatic N) is 1. The third-order valence-corrected chi connectivity index (χ3v) is 19.0. The van der Waals surface area contributed by atoms with Crippen molar-refractivity contribution in [1.82, 2.24) is 4.23 Å². The van der Waals surface area contributed by atoms with Gasteiger partial charge in [-0.15, -0.1) is 0 Å². The average Bonchev–Trinajstić information content (AvgIpc) is 2.43. The first-order valence-corrected chi connectivity index (χ1v) is 13.6. The number of hydrogen-bond donors (Lipinski definition) is 1. The minimum absolute atomic E-state index is 0.313. The molecule has 0 saturated heterocycles. The molecule has 0 bridgehead atoms. The summed E-state index contributed by atoms with van der Waals surface area (Å²) in [7, 11) is -2.59. The molecule has 0 amide bonds. The van der Waals surface area contributed by atoms with Crippen LogP contribution in [0.2, 0.25) is 36.3 Å². The Labute approximate surface area is 124 Å². The molecule has 0 rings (SSSR count). The summed E-state index contributed by atoms with van der Waals surface area (Å²) < 4.78 is 3.06. The van der Waals surface area contributed by atoms with Crippen molar-refractivity contribution in [2.45, 2.75) is 90.8 Å². The van der Waals surface area contributed by atoms with Crippen molar-refractivity contribution in [3.05, 3.63) is 0 Å². The van der Waals surface area contributed by atoms with Gasteiger partial charge in [0.2, 0.25) is 0 Å². The summed E-state index contributed by atoms with van der Waals surface area (Å²) in [4.78, 5) is 0. The Kier molecular flexibility index (Phi) is 8.76.